The van der Waals surface area contributed by atoms with Crippen molar-refractivity contribution in [2.75, 3.05) is 0 Å². The van der Waals surface area contributed by atoms with Crippen molar-refractivity contribution in [3.05, 3.63) is 126 Å². The molecule has 152 valence electrons. The minimum Gasteiger partial charge on any atom is -0.337 e. The van der Waals surface area contributed by atoms with Crippen LogP contribution in [0.2, 0.25) is 0 Å². The molecule has 0 aliphatic carbocycles. The van der Waals surface area contributed by atoms with Crippen molar-refractivity contribution in [1.29, 1.82) is 0 Å². The molecule has 0 radical (unpaired) electrons. The molecular weight excluding hydrogens is 388 g/mol. The van der Waals surface area contributed by atoms with Crippen LogP contribution in [0.4, 0.5) is 0 Å². The van der Waals surface area contributed by atoms with Gasteiger partial charge in [0.25, 0.3) is 0 Å². The van der Waals surface area contributed by atoms with E-state index in [0.29, 0.717) is 0 Å². The van der Waals surface area contributed by atoms with E-state index in [4.69, 9.17) is 4.98 Å². The van der Waals surface area contributed by atoms with Gasteiger partial charge in [-0.05, 0) is 41.0 Å². The van der Waals surface area contributed by atoms with E-state index < -0.39 is 0 Å². The summed E-state index contributed by atoms with van der Waals surface area (Å²) in [6.07, 6.45) is 10.8. The van der Waals surface area contributed by atoms with E-state index in [-0.39, 0.29) is 0 Å². The van der Waals surface area contributed by atoms with E-state index in [0.717, 1.165) is 17.8 Å². The topological polar surface area (TPSA) is 17.8 Å². The van der Waals surface area contributed by atoms with Crippen LogP contribution in [-0.2, 0) is 6.54 Å². The van der Waals surface area contributed by atoms with Gasteiger partial charge in [-0.25, -0.2) is 0 Å². The van der Waals surface area contributed by atoms with Crippen LogP contribution >= 0.6 is 0 Å². The molecule has 0 unspecified atom stereocenters. The molecule has 1 aliphatic heterocycles. The number of hydrogen-bond donors (Lipinski definition) is 0. The predicted molar refractivity (Wildman–Crippen MR) is 133 cm³/mol. The zero-order valence-corrected chi connectivity index (χ0v) is 17.6. The zero-order valence-electron chi connectivity index (χ0n) is 17.6. The molecule has 3 aromatic carbocycles. The Morgan fingerprint density at radius 1 is 0.750 bits per heavy atom. The summed E-state index contributed by atoms with van der Waals surface area (Å²) in [5.41, 5.74) is 5.67. The van der Waals surface area contributed by atoms with E-state index in [1.165, 1.54) is 38.2 Å². The zero-order chi connectivity index (χ0) is 21.3. The molecule has 0 N–H and O–H groups in total. The summed E-state index contributed by atoms with van der Waals surface area (Å²) < 4.78 is 2.40. The van der Waals surface area contributed by atoms with Gasteiger partial charge < -0.3 is 4.57 Å². The molecule has 0 atom stereocenters. The smallest absolute Gasteiger partial charge is 0.0714 e. The fraction of sp³-hybridized carbons (Fsp3) is 0.0333. The van der Waals surface area contributed by atoms with Crippen molar-refractivity contribution in [3.8, 4) is 22.4 Å². The number of aromatic nitrogens is 2. The lowest BCUT2D eigenvalue weighted by Gasteiger charge is -2.09. The number of fused-ring (bicyclic) bond motifs is 3. The lowest BCUT2D eigenvalue weighted by Crippen LogP contribution is -2.27. The Hall–Kier alpha value is -4.17. The van der Waals surface area contributed by atoms with E-state index in [2.05, 4.69) is 114 Å². The summed E-state index contributed by atoms with van der Waals surface area (Å²) in [5, 5.41) is 5.09. The Balaban J connectivity index is 1.56. The van der Waals surface area contributed by atoms with Gasteiger partial charge in [0.1, 0.15) is 0 Å². The van der Waals surface area contributed by atoms with Gasteiger partial charge >= 0.3 is 0 Å². The predicted octanol–water partition coefficient (Wildman–Crippen LogP) is 5.55. The van der Waals surface area contributed by atoms with E-state index in [1.807, 2.05) is 12.3 Å². The first kappa shape index (κ1) is 18.6. The van der Waals surface area contributed by atoms with Gasteiger partial charge in [-0.3, -0.25) is 4.98 Å². The van der Waals surface area contributed by atoms with Gasteiger partial charge in [0.15, 0.2) is 0 Å². The van der Waals surface area contributed by atoms with Crippen molar-refractivity contribution < 1.29 is 0 Å². The maximum atomic E-state index is 4.73. The maximum absolute atomic E-state index is 4.73. The SMILES string of the molecule is C1=CCn2c(c3ccccc3/c2=C/c2ccccc2-c2cc(-c3ccccc3)ccn2)=C1. The summed E-state index contributed by atoms with van der Waals surface area (Å²) in [7, 11) is 0. The molecule has 6 rings (SSSR count). The molecule has 2 heteroatoms. The summed E-state index contributed by atoms with van der Waals surface area (Å²) >= 11 is 0. The Bertz CT molecular complexity index is 1590. The van der Waals surface area contributed by atoms with Crippen LogP contribution < -0.4 is 10.7 Å². The molecule has 0 fully saturated rings. The van der Waals surface area contributed by atoms with Crippen molar-refractivity contribution in [3.63, 3.8) is 0 Å². The van der Waals surface area contributed by atoms with Crippen LogP contribution in [0.3, 0.4) is 0 Å². The van der Waals surface area contributed by atoms with E-state index >= 15 is 0 Å². The largest absolute Gasteiger partial charge is 0.337 e. The van der Waals surface area contributed by atoms with Crippen LogP contribution in [0.25, 0.3) is 45.3 Å². The highest BCUT2D eigenvalue weighted by Crippen LogP contribution is 2.27. The van der Waals surface area contributed by atoms with Crippen LogP contribution in [0.5, 0.6) is 0 Å². The third kappa shape index (κ3) is 3.17. The quantitative estimate of drug-likeness (QED) is 0.381. The van der Waals surface area contributed by atoms with Gasteiger partial charge in [-0.15, -0.1) is 0 Å². The molecule has 5 aromatic rings. The van der Waals surface area contributed by atoms with E-state index in [1.54, 1.807) is 0 Å². The molecule has 0 bridgehead atoms. The normalized spacial score (nSPS) is 13.2. The molecule has 1 aliphatic rings. The molecule has 3 heterocycles. The summed E-state index contributed by atoms with van der Waals surface area (Å²) in [5.74, 6) is 0. The number of allylic oxidation sites excluding steroid dienone is 2. The maximum Gasteiger partial charge on any atom is 0.0714 e. The van der Waals surface area contributed by atoms with Crippen molar-refractivity contribution in [1.82, 2.24) is 9.55 Å². The lowest BCUT2D eigenvalue weighted by molar-refractivity contribution is 0.776. The Labute approximate surface area is 187 Å². The van der Waals surface area contributed by atoms with Crippen molar-refractivity contribution in [2.24, 2.45) is 0 Å². The third-order valence-corrected chi connectivity index (χ3v) is 6.13. The molecule has 0 saturated carbocycles. The van der Waals surface area contributed by atoms with Crippen LogP contribution in [0.15, 0.2) is 109 Å². The van der Waals surface area contributed by atoms with E-state index in [9.17, 15) is 0 Å². The molecule has 0 saturated heterocycles. The van der Waals surface area contributed by atoms with Crippen LogP contribution in [0, 0.1) is 0 Å². The first-order valence-electron chi connectivity index (χ1n) is 11.0. The third-order valence-electron chi connectivity index (χ3n) is 6.13. The fourth-order valence-electron chi connectivity index (χ4n) is 4.60. The van der Waals surface area contributed by atoms with Crippen LogP contribution in [0.1, 0.15) is 5.56 Å². The fourth-order valence-corrected chi connectivity index (χ4v) is 4.60. The second kappa shape index (κ2) is 7.82. The highest BCUT2D eigenvalue weighted by Gasteiger charge is 2.10. The number of benzene rings is 3. The first-order valence-corrected chi connectivity index (χ1v) is 11.0. The highest BCUT2D eigenvalue weighted by atomic mass is 15.0. The van der Waals surface area contributed by atoms with Crippen molar-refractivity contribution >= 4 is 22.9 Å². The summed E-state index contributed by atoms with van der Waals surface area (Å²) in [6.45, 7) is 0.885. The molecule has 0 amide bonds. The number of nitrogens with zero attached hydrogens (tertiary/aromatic N) is 2. The van der Waals surface area contributed by atoms with Crippen LogP contribution in [-0.4, -0.2) is 9.55 Å². The monoisotopic (exact) mass is 410 g/mol. The average molecular weight is 411 g/mol. The second-order valence-corrected chi connectivity index (χ2v) is 8.05. The second-order valence-electron chi connectivity index (χ2n) is 8.05. The Morgan fingerprint density at radius 2 is 1.53 bits per heavy atom. The first-order chi connectivity index (χ1) is 15.9. The number of hydrogen-bond acceptors (Lipinski definition) is 1. The van der Waals surface area contributed by atoms with Gasteiger partial charge in [0.2, 0.25) is 0 Å². The number of pyridine rings is 1. The minimum atomic E-state index is 0.885. The summed E-state index contributed by atoms with van der Waals surface area (Å²) in [4.78, 5) is 4.73. The molecule has 2 aromatic heterocycles. The minimum absolute atomic E-state index is 0.885. The Morgan fingerprint density at radius 3 is 2.44 bits per heavy atom. The molecule has 32 heavy (non-hydrogen) atoms. The highest BCUT2D eigenvalue weighted by molar-refractivity contribution is 5.87. The van der Waals surface area contributed by atoms with Gasteiger partial charge in [0, 0.05) is 34.4 Å². The number of rotatable bonds is 3. The standard InChI is InChI=1S/C30H22N2/c1-2-10-22(11-3-1)23-17-18-31-28(20-23)25-13-5-4-12-24(25)21-30-27-15-7-6-14-26(27)29-16-8-9-19-32(29)30/h1-18,20-21H,19H2/b30-21-. The average Bonchev–Trinajstić information content (AvgIpc) is 3.19. The molecule has 2 nitrogen and oxygen atoms in total. The lowest BCUT2D eigenvalue weighted by atomic mass is 10.00. The van der Waals surface area contributed by atoms with Crippen molar-refractivity contribution in [2.45, 2.75) is 6.54 Å². The molecular formula is C30H22N2. The summed E-state index contributed by atoms with van der Waals surface area (Å²) in [6, 6.07) is 31.9. The molecule has 0 spiro atoms. The van der Waals surface area contributed by atoms with Gasteiger partial charge in [-0.1, -0.05) is 91.0 Å². The van der Waals surface area contributed by atoms with Gasteiger partial charge in [-0.2, -0.15) is 0 Å². The van der Waals surface area contributed by atoms with Gasteiger partial charge in [0.05, 0.1) is 11.0 Å². The Kier molecular flexibility index (Phi) is 4.54.